The Morgan fingerprint density at radius 3 is 2.43 bits per heavy atom. The average molecular weight is 503 g/mol. The molecule has 0 aliphatic carbocycles. The van der Waals surface area contributed by atoms with Crippen molar-refractivity contribution in [2.45, 2.75) is 17.4 Å². The first kappa shape index (κ1) is 23.4. The van der Waals surface area contributed by atoms with Crippen LogP contribution in [0.1, 0.15) is 23.3 Å². The SMILES string of the molecule is O=C1[C@H](SC[C@H](O)c2cccc(Cl)c2)[C@@H](c2ccc(O)cc2)N1c1ccc(-c2cccnc2)cc1. The summed E-state index contributed by atoms with van der Waals surface area (Å²) >= 11 is 7.49. The van der Waals surface area contributed by atoms with Gasteiger partial charge in [0.1, 0.15) is 11.0 Å². The Bertz CT molecular complexity index is 1320. The molecule has 3 atom stereocenters. The summed E-state index contributed by atoms with van der Waals surface area (Å²) in [6, 6.07) is 25.6. The number of phenolic OH excluding ortho intramolecular Hbond substituents is 1. The summed E-state index contributed by atoms with van der Waals surface area (Å²) in [4.78, 5) is 19.3. The van der Waals surface area contributed by atoms with E-state index in [1.165, 1.54) is 11.8 Å². The number of halogens is 1. The fourth-order valence-electron chi connectivity index (χ4n) is 4.26. The van der Waals surface area contributed by atoms with Gasteiger partial charge in [-0.05, 0) is 64.7 Å². The first-order chi connectivity index (χ1) is 17.0. The lowest BCUT2D eigenvalue weighted by Gasteiger charge is -2.47. The normalized spacial score (nSPS) is 18.2. The Kier molecular flexibility index (Phi) is 6.77. The number of hydrogen-bond acceptors (Lipinski definition) is 5. The summed E-state index contributed by atoms with van der Waals surface area (Å²) in [6.07, 6.45) is 2.81. The van der Waals surface area contributed by atoms with E-state index in [-0.39, 0.29) is 22.9 Å². The van der Waals surface area contributed by atoms with Crippen molar-refractivity contribution < 1.29 is 15.0 Å². The van der Waals surface area contributed by atoms with Gasteiger partial charge in [0.25, 0.3) is 0 Å². The second-order valence-electron chi connectivity index (χ2n) is 8.36. The highest BCUT2D eigenvalue weighted by Crippen LogP contribution is 2.46. The number of aliphatic hydroxyl groups excluding tert-OH is 1. The molecule has 0 spiro atoms. The number of carbonyl (C=O) groups is 1. The first-order valence-electron chi connectivity index (χ1n) is 11.2. The van der Waals surface area contributed by atoms with Crippen LogP contribution in [0, 0.1) is 0 Å². The third-order valence-electron chi connectivity index (χ3n) is 6.09. The zero-order valence-corrected chi connectivity index (χ0v) is 20.2. The van der Waals surface area contributed by atoms with E-state index in [4.69, 9.17) is 11.6 Å². The Morgan fingerprint density at radius 2 is 1.74 bits per heavy atom. The van der Waals surface area contributed by atoms with Gasteiger partial charge >= 0.3 is 0 Å². The van der Waals surface area contributed by atoms with Crippen LogP contribution in [0.5, 0.6) is 5.75 Å². The molecule has 2 N–H and O–H groups in total. The number of aromatic hydroxyl groups is 1. The number of nitrogens with zero attached hydrogens (tertiary/aromatic N) is 2. The molecule has 0 radical (unpaired) electrons. The Hall–Kier alpha value is -3.32. The number of aliphatic hydroxyl groups is 1. The van der Waals surface area contributed by atoms with Gasteiger partial charge in [0.15, 0.2) is 0 Å². The molecule has 1 saturated heterocycles. The molecule has 7 heteroatoms. The summed E-state index contributed by atoms with van der Waals surface area (Å²) in [5.74, 6) is 0.520. The molecule has 4 aromatic rings. The number of benzene rings is 3. The highest BCUT2D eigenvalue weighted by Gasteiger charge is 2.49. The number of rotatable bonds is 7. The Labute approximate surface area is 213 Å². The van der Waals surface area contributed by atoms with Crippen molar-refractivity contribution in [3.8, 4) is 16.9 Å². The highest BCUT2D eigenvalue weighted by atomic mass is 35.5. The van der Waals surface area contributed by atoms with E-state index in [1.54, 1.807) is 47.6 Å². The summed E-state index contributed by atoms with van der Waals surface area (Å²) in [7, 11) is 0. The summed E-state index contributed by atoms with van der Waals surface area (Å²) < 4.78 is 0. The number of aromatic nitrogens is 1. The standard InChI is InChI=1S/C28H23ClN2O3S/c29-22-5-1-3-20(15-22)25(33)17-35-27-26(19-8-12-24(32)13-9-19)31(28(27)34)23-10-6-18(7-11-23)21-4-2-14-30-16-21/h1-16,25-27,32-33H,17H2/t25-,26+,27+/m0/s1. The topological polar surface area (TPSA) is 73.7 Å². The maximum atomic E-state index is 13.3. The lowest BCUT2D eigenvalue weighted by atomic mass is 9.92. The minimum Gasteiger partial charge on any atom is -0.508 e. The van der Waals surface area contributed by atoms with Crippen LogP contribution in [0.4, 0.5) is 5.69 Å². The molecule has 5 rings (SSSR count). The predicted molar refractivity (Wildman–Crippen MR) is 141 cm³/mol. The molecule has 1 amide bonds. The second kappa shape index (κ2) is 10.1. The van der Waals surface area contributed by atoms with Gasteiger partial charge in [0, 0.05) is 28.9 Å². The van der Waals surface area contributed by atoms with Crippen LogP contribution in [-0.2, 0) is 4.79 Å². The van der Waals surface area contributed by atoms with Crippen molar-refractivity contribution in [3.63, 3.8) is 0 Å². The van der Waals surface area contributed by atoms with Gasteiger partial charge < -0.3 is 15.1 Å². The van der Waals surface area contributed by atoms with Crippen LogP contribution in [-0.4, -0.2) is 32.1 Å². The van der Waals surface area contributed by atoms with Gasteiger partial charge in [-0.25, -0.2) is 0 Å². The molecule has 0 bridgehead atoms. The summed E-state index contributed by atoms with van der Waals surface area (Å²) in [5, 5.41) is 20.6. The number of pyridine rings is 1. The number of amides is 1. The van der Waals surface area contributed by atoms with E-state index in [9.17, 15) is 15.0 Å². The lowest BCUT2D eigenvalue weighted by molar-refractivity contribution is -0.123. The molecule has 0 saturated carbocycles. The third kappa shape index (κ3) is 4.91. The molecule has 1 aliphatic heterocycles. The van der Waals surface area contributed by atoms with Crippen LogP contribution in [0.15, 0.2) is 97.3 Å². The van der Waals surface area contributed by atoms with E-state index < -0.39 is 6.10 Å². The molecular formula is C28H23ClN2O3S. The molecule has 35 heavy (non-hydrogen) atoms. The molecule has 3 aromatic carbocycles. The Morgan fingerprint density at radius 1 is 0.971 bits per heavy atom. The maximum Gasteiger partial charge on any atom is 0.243 e. The molecular weight excluding hydrogens is 480 g/mol. The van der Waals surface area contributed by atoms with Crippen molar-refractivity contribution in [2.24, 2.45) is 0 Å². The van der Waals surface area contributed by atoms with Crippen molar-refractivity contribution in [2.75, 3.05) is 10.7 Å². The largest absolute Gasteiger partial charge is 0.508 e. The highest BCUT2D eigenvalue weighted by molar-refractivity contribution is 8.00. The fraction of sp³-hybridized carbons (Fsp3) is 0.143. The smallest absolute Gasteiger partial charge is 0.243 e. The van der Waals surface area contributed by atoms with E-state index in [1.807, 2.05) is 54.6 Å². The van der Waals surface area contributed by atoms with Crippen LogP contribution < -0.4 is 4.90 Å². The third-order valence-corrected chi connectivity index (χ3v) is 7.65. The van der Waals surface area contributed by atoms with Gasteiger partial charge in [0.05, 0.1) is 12.1 Å². The zero-order chi connectivity index (χ0) is 24.4. The average Bonchev–Trinajstić information content (AvgIpc) is 2.89. The fourth-order valence-corrected chi connectivity index (χ4v) is 5.76. The van der Waals surface area contributed by atoms with Gasteiger partial charge in [-0.2, -0.15) is 0 Å². The molecule has 1 fully saturated rings. The van der Waals surface area contributed by atoms with E-state index in [0.717, 1.165) is 27.9 Å². The van der Waals surface area contributed by atoms with Crippen LogP contribution in [0.3, 0.4) is 0 Å². The number of phenols is 1. The van der Waals surface area contributed by atoms with Gasteiger partial charge in [0.2, 0.25) is 5.91 Å². The first-order valence-corrected chi connectivity index (χ1v) is 12.6. The molecule has 176 valence electrons. The van der Waals surface area contributed by atoms with Gasteiger partial charge in [-0.3, -0.25) is 9.78 Å². The molecule has 5 nitrogen and oxygen atoms in total. The van der Waals surface area contributed by atoms with Gasteiger partial charge in [-0.15, -0.1) is 11.8 Å². The van der Waals surface area contributed by atoms with Crippen molar-refractivity contribution in [1.82, 2.24) is 4.98 Å². The van der Waals surface area contributed by atoms with Crippen LogP contribution >= 0.6 is 23.4 Å². The van der Waals surface area contributed by atoms with Crippen molar-refractivity contribution in [3.05, 3.63) is 113 Å². The van der Waals surface area contributed by atoms with Crippen LogP contribution in [0.25, 0.3) is 11.1 Å². The lowest BCUT2D eigenvalue weighted by Crippen LogP contribution is -2.57. The number of thioether (sulfide) groups is 1. The molecule has 1 aromatic heterocycles. The number of β-lactam (4-membered cyclic amide) rings is 1. The summed E-state index contributed by atoms with van der Waals surface area (Å²) in [6.45, 7) is 0. The summed E-state index contributed by atoms with van der Waals surface area (Å²) in [5.41, 5.74) is 4.47. The molecule has 1 aliphatic rings. The minimum absolute atomic E-state index is 0.0134. The molecule has 2 heterocycles. The van der Waals surface area contributed by atoms with E-state index >= 15 is 0 Å². The maximum absolute atomic E-state index is 13.3. The minimum atomic E-state index is -0.736. The zero-order valence-electron chi connectivity index (χ0n) is 18.7. The Balaban J connectivity index is 1.38. The second-order valence-corrected chi connectivity index (χ2v) is 9.97. The van der Waals surface area contributed by atoms with E-state index in [0.29, 0.717) is 10.8 Å². The number of anilines is 1. The predicted octanol–water partition coefficient (Wildman–Crippen LogP) is 6.03. The van der Waals surface area contributed by atoms with E-state index in [2.05, 4.69) is 4.98 Å². The van der Waals surface area contributed by atoms with Crippen molar-refractivity contribution in [1.29, 1.82) is 0 Å². The number of hydrogen-bond donors (Lipinski definition) is 2. The quantitative estimate of drug-likeness (QED) is 0.302. The monoisotopic (exact) mass is 502 g/mol. The molecule has 0 unspecified atom stereocenters. The van der Waals surface area contributed by atoms with Crippen LogP contribution in [0.2, 0.25) is 5.02 Å². The number of carbonyl (C=O) groups excluding carboxylic acids is 1. The van der Waals surface area contributed by atoms with Crippen molar-refractivity contribution >= 4 is 35.0 Å². The van der Waals surface area contributed by atoms with Gasteiger partial charge in [-0.1, -0.05) is 54.1 Å².